The van der Waals surface area contributed by atoms with Crippen LogP contribution in [0.3, 0.4) is 0 Å². The predicted molar refractivity (Wildman–Crippen MR) is 61.3 cm³/mol. The molecule has 1 fully saturated rings. The maximum Gasteiger partial charge on any atom is 0.245 e. The van der Waals surface area contributed by atoms with Gasteiger partial charge >= 0.3 is 0 Å². The first-order valence-corrected chi connectivity index (χ1v) is 6.07. The summed E-state index contributed by atoms with van der Waals surface area (Å²) >= 11 is 1.54. The monoisotopic (exact) mass is 225 g/mol. The number of nitrogens with zero attached hydrogens (tertiary/aromatic N) is 2. The van der Waals surface area contributed by atoms with E-state index in [1.165, 1.54) is 11.3 Å². The second kappa shape index (κ2) is 4.28. The van der Waals surface area contributed by atoms with Crippen LogP contribution in [-0.2, 0) is 4.79 Å². The van der Waals surface area contributed by atoms with Crippen LogP contribution in [0.4, 0.5) is 5.13 Å². The summed E-state index contributed by atoms with van der Waals surface area (Å²) in [6.07, 6.45) is 0.880. The lowest BCUT2D eigenvalue weighted by molar-refractivity contribution is -0.118. The summed E-state index contributed by atoms with van der Waals surface area (Å²) in [5.74, 6) is 0.159. The number of aryl methyl sites for hydroxylation is 1. The summed E-state index contributed by atoms with van der Waals surface area (Å²) in [5, 5.41) is 5.99. The fourth-order valence-corrected chi connectivity index (χ4v) is 2.61. The molecule has 1 amide bonds. The molecule has 0 aromatic carbocycles. The van der Waals surface area contributed by atoms with E-state index in [4.69, 9.17) is 0 Å². The number of carbonyl (C=O) groups excluding carboxylic acids is 1. The third-order valence-electron chi connectivity index (χ3n) is 2.49. The highest BCUT2D eigenvalue weighted by Gasteiger charge is 2.33. The van der Waals surface area contributed by atoms with E-state index in [2.05, 4.69) is 10.3 Å². The van der Waals surface area contributed by atoms with Crippen LogP contribution in [0.1, 0.15) is 19.0 Å². The maximum absolute atomic E-state index is 11.9. The van der Waals surface area contributed by atoms with Crippen molar-refractivity contribution in [2.45, 2.75) is 26.3 Å². The van der Waals surface area contributed by atoms with E-state index in [0.717, 1.165) is 30.3 Å². The van der Waals surface area contributed by atoms with Gasteiger partial charge in [-0.15, -0.1) is 11.3 Å². The smallest absolute Gasteiger partial charge is 0.245 e. The quantitative estimate of drug-likeness (QED) is 0.839. The fraction of sp³-hybridized carbons (Fsp3) is 0.600. The van der Waals surface area contributed by atoms with Crippen molar-refractivity contribution in [3.8, 4) is 0 Å². The van der Waals surface area contributed by atoms with Gasteiger partial charge in [-0.05, 0) is 19.9 Å². The van der Waals surface area contributed by atoms with Gasteiger partial charge in [0.2, 0.25) is 5.91 Å². The molecule has 1 N–H and O–H groups in total. The number of amides is 1. The van der Waals surface area contributed by atoms with Crippen molar-refractivity contribution >= 4 is 22.4 Å². The Morgan fingerprint density at radius 3 is 3.13 bits per heavy atom. The number of hydrogen-bond donors (Lipinski definition) is 1. The number of likely N-dealkylation sites (N-methyl/N-ethyl adjacent to an activating group) is 1. The molecule has 1 atom stereocenters. The molecule has 5 heteroatoms. The largest absolute Gasteiger partial charge is 0.306 e. The van der Waals surface area contributed by atoms with E-state index in [-0.39, 0.29) is 11.9 Å². The van der Waals surface area contributed by atoms with Gasteiger partial charge in [-0.25, -0.2) is 4.98 Å². The van der Waals surface area contributed by atoms with Gasteiger partial charge in [0, 0.05) is 11.9 Å². The number of carbonyl (C=O) groups is 1. The van der Waals surface area contributed by atoms with Crippen molar-refractivity contribution in [2.75, 3.05) is 18.0 Å². The van der Waals surface area contributed by atoms with Gasteiger partial charge in [-0.2, -0.15) is 0 Å². The third kappa shape index (κ3) is 2.03. The highest BCUT2D eigenvalue weighted by Crippen LogP contribution is 2.25. The van der Waals surface area contributed by atoms with Crippen molar-refractivity contribution in [2.24, 2.45) is 0 Å². The molecule has 1 aliphatic rings. The molecule has 0 bridgehead atoms. The van der Waals surface area contributed by atoms with Gasteiger partial charge in [0.15, 0.2) is 5.13 Å². The molecule has 0 aliphatic carbocycles. The minimum Gasteiger partial charge on any atom is -0.306 e. The number of anilines is 1. The van der Waals surface area contributed by atoms with Crippen LogP contribution in [0.15, 0.2) is 5.38 Å². The molecule has 1 aromatic rings. The summed E-state index contributed by atoms with van der Waals surface area (Å²) in [7, 11) is 0. The average molecular weight is 225 g/mol. The minimum atomic E-state index is -0.0146. The molecular formula is C10H15N3OS. The van der Waals surface area contributed by atoms with Gasteiger partial charge in [-0.3, -0.25) is 9.69 Å². The lowest BCUT2D eigenvalue weighted by Crippen LogP contribution is -2.38. The first-order valence-electron chi connectivity index (χ1n) is 5.19. The van der Waals surface area contributed by atoms with Gasteiger partial charge in [0.1, 0.15) is 0 Å². The van der Waals surface area contributed by atoms with E-state index in [1.54, 1.807) is 4.90 Å². The van der Waals surface area contributed by atoms with E-state index in [1.807, 2.05) is 19.2 Å². The standard InChI is InChI=1S/C10H15N3OS/c1-3-11-8-4-5-13(9(8)14)10-12-7(2)6-15-10/h6,8,11H,3-5H2,1-2H3. The molecule has 2 rings (SSSR count). The second-order valence-electron chi connectivity index (χ2n) is 3.66. The SMILES string of the molecule is CCNC1CCN(c2nc(C)cs2)C1=O. The van der Waals surface area contributed by atoms with Crippen molar-refractivity contribution in [3.63, 3.8) is 0 Å². The van der Waals surface area contributed by atoms with Gasteiger partial charge in [0.25, 0.3) is 0 Å². The fourth-order valence-electron chi connectivity index (χ4n) is 1.77. The van der Waals surface area contributed by atoms with Crippen LogP contribution in [-0.4, -0.2) is 30.0 Å². The molecule has 1 unspecified atom stereocenters. The molecule has 0 radical (unpaired) electrons. The molecular weight excluding hydrogens is 210 g/mol. The average Bonchev–Trinajstić information content (AvgIpc) is 2.76. The Balaban J connectivity index is 2.10. The minimum absolute atomic E-state index is 0.0146. The molecule has 0 saturated carbocycles. The topological polar surface area (TPSA) is 45.2 Å². The van der Waals surface area contributed by atoms with Crippen molar-refractivity contribution in [1.82, 2.24) is 10.3 Å². The normalized spacial score (nSPS) is 21.3. The van der Waals surface area contributed by atoms with Crippen LogP contribution in [0.25, 0.3) is 0 Å². The Morgan fingerprint density at radius 2 is 2.53 bits per heavy atom. The molecule has 2 heterocycles. The maximum atomic E-state index is 11.9. The Kier molecular flexibility index (Phi) is 3.02. The van der Waals surface area contributed by atoms with Crippen LogP contribution in [0, 0.1) is 6.92 Å². The number of rotatable bonds is 3. The van der Waals surface area contributed by atoms with Crippen LogP contribution in [0.5, 0.6) is 0 Å². The van der Waals surface area contributed by atoms with Crippen molar-refractivity contribution in [1.29, 1.82) is 0 Å². The summed E-state index contributed by atoms with van der Waals surface area (Å²) in [4.78, 5) is 18.1. The number of nitrogens with one attached hydrogen (secondary N) is 1. The highest BCUT2D eigenvalue weighted by molar-refractivity contribution is 7.14. The Morgan fingerprint density at radius 1 is 1.73 bits per heavy atom. The molecule has 1 saturated heterocycles. The number of hydrogen-bond acceptors (Lipinski definition) is 4. The van der Waals surface area contributed by atoms with Crippen molar-refractivity contribution < 1.29 is 4.79 Å². The molecule has 0 spiro atoms. The number of aromatic nitrogens is 1. The van der Waals surface area contributed by atoms with Crippen molar-refractivity contribution in [3.05, 3.63) is 11.1 Å². The summed E-state index contributed by atoms with van der Waals surface area (Å²) in [6.45, 7) is 5.58. The zero-order chi connectivity index (χ0) is 10.8. The molecule has 4 nitrogen and oxygen atoms in total. The third-order valence-corrected chi connectivity index (χ3v) is 3.48. The van der Waals surface area contributed by atoms with Gasteiger partial charge in [0.05, 0.1) is 11.7 Å². The zero-order valence-electron chi connectivity index (χ0n) is 8.99. The van der Waals surface area contributed by atoms with E-state index >= 15 is 0 Å². The predicted octanol–water partition coefficient (Wildman–Crippen LogP) is 1.17. The van der Waals surface area contributed by atoms with E-state index in [0.29, 0.717) is 0 Å². The van der Waals surface area contributed by atoms with Crippen LogP contribution in [0.2, 0.25) is 0 Å². The Labute approximate surface area is 93.3 Å². The van der Waals surface area contributed by atoms with E-state index in [9.17, 15) is 4.79 Å². The highest BCUT2D eigenvalue weighted by atomic mass is 32.1. The second-order valence-corrected chi connectivity index (χ2v) is 4.50. The molecule has 82 valence electrons. The summed E-state index contributed by atoms with van der Waals surface area (Å²) < 4.78 is 0. The zero-order valence-corrected chi connectivity index (χ0v) is 9.80. The lowest BCUT2D eigenvalue weighted by atomic mass is 10.2. The van der Waals surface area contributed by atoms with E-state index < -0.39 is 0 Å². The summed E-state index contributed by atoms with van der Waals surface area (Å²) in [6, 6.07) is -0.0146. The molecule has 1 aromatic heterocycles. The Bertz CT molecular complexity index is 363. The first-order chi connectivity index (χ1) is 7.22. The lowest BCUT2D eigenvalue weighted by Gasteiger charge is -2.13. The van der Waals surface area contributed by atoms with Gasteiger partial charge in [-0.1, -0.05) is 6.92 Å². The number of thiazole rings is 1. The van der Waals surface area contributed by atoms with Gasteiger partial charge < -0.3 is 5.32 Å². The molecule has 1 aliphatic heterocycles. The van der Waals surface area contributed by atoms with Crippen LogP contribution >= 0.6 is 11.3 Å². The summed E-state index contributed by atoms with van der Waals surface area (Å²) in [5.41, 5.74) is 0.981. The van der Waals surface area contributed by atoms with Crippen LogP contribution < -0.4 is 10.2 Å². The Hall–Kier alpha value is -0.940. The first kappa shape index (κ1) is 10.6. The molecule has 15 heavy (non-hydrogen) atoms.